The third-order valence-electron chi connectivity index (χ3n) is 4.83. The zero-order valence-electron chi connectivity index (χ0n) is 16.6. The summed E-state index contributed by atoms with van der Waals surface area (Å²) in [5, 5.41) is 3.67. The molecule has 0 fully saturated rings. The molecule has 0 aliphatic rings. The summed E-state index contributed by atoms with van der Waals surface area (Å²) in [4.78, 5) is 22.1. The van der Waals surface area contributed by atoms with Crippen LogP contribution in [0.3, 0.4) is 0 Å². The van der Waals surface area contributed by atoms with Crippen LogP contribution in [-0.2, 0) is 0 Å². The zero-order valence-corrected chi connectivity index (χ0v) is 16.6. The largest absolute Gasteiger partial charge is 0.438 e. The van der Waals surface area contributed by atoms with Crippen molar-refractivity contribution in [3.8, 4) is 0 Å². The molecule has 0 atom stereocenters. The van der Waals surface area contributed by atoms with Crippen molar-refractivity contribution >= 4 is 28.4 Å². The first-order chi connectivity index (χ1) is 14.0. The molecular weight excluding hydrogens is 362 g/mol. The Morgan fingerprint density at radius 1 is 0.966 bits per heavy atom. The second-order valence-corrected chi connectivity index (χ2v) is 6.95. The normalized spacial score (nSPS) is 11.6. The van der Waals surface area contributed by atoms with E-state index in [0.29, 0.717) is 17.0 Å². The molecule has 4 rings (SSSR count). The van der Waals surface area contributed by atoms with E-state index in [4.69, 9.17) is 4.42 Å². The van der Waals surface area contributed by atoms with E-state index in [2.05, 4.69) is 15.3 Å². The highest BCUT2D eigenvalue weighted by Crippen LogP contribution is 2.21. The number of carbonyl (C=O) groups excluding carboxylic acids is 1. The Labute approximate surface area is 168 Å². The van der Waals surface area contributed by atoms with Gasteiger partial charge in [0.1, 0.15) is 17.0 Å². The van der Waals surface area contributed by atoms with Crippen molar-refractivity contribution in [2.75, 3.05) is 5.32 Å². The highest BCUT2D eigenvalue weighted by Gasteiger charge is 2.14. The van der Waals surface area contributed by atoms with E-state index in [-0.39, 0.29) is 11.5 Å². The summed E-state index contributed by atoms with van der Waals surface area (Å²) in [6, 6.07) is 20.7. The first-order valence-electron chi connectivity index (χ1n) is 9.40. The van der Waals surface area contributed by atoms with E-state index in [1.54, 1.807) is 12.1 Å². The molecule has 0 saturated heterocycles. The van der Waals surface area contributed by atoms with E-state index in [0.717, 1.165) is 27.9 Å². The minimum absolute atomic E-state index is 0.266. The van der Waals surface area contributed by atoms with Gasteiger partial charge in [0.25, 0.3) is 5.91 Å². The minimum Gasteiger partial charge on any atom is -0.438 e. The number of fused-ring (bicyclic) bond motifs is 1. The zero-order chi connectivity index (χ0) is 20.4. The van der Waals surface area contributed by atoms with Crippen LogP contribution in [0.15, 0.2) is 76.1 Å². The third-order valence-corrected chi connectivity index (χ3v) is 4.83. The molecule has 144 valence electrons. The van der Waals surface area contributed by atoms with Gasteiger partial charge in [-0.15, -0.1) is 0 Å². The number of para-hydroxylation sites is 1. The lowest BCUT2D eigenvalue weighted by Crippen LogP contribution is -2.22. The number of aryl methyl sites for hydroxylation is 2. The number of hydrogen-bond acceptors (Lipinski definition) is 4. The Hall–Kier alpha value is -3.73. The summed E-state index contributed by atoms with van der Waals surface area (Å²) >= 11 is 0. The Bertz CT molecular complexity index is 1290. The summed E-state index contributed by atoms with van der Waals surface area (Å²) in [7, 11) is 0. The summed E-state index contributed by atoms with van der Waals surface area (Å²) in [6.45, 7) is 5.91. The van der Waals surface area contributed by atoms with Gasteiger partial charge in [0.15, 0.2) is 0 Å². The van der Waals surface area contributed by atoms with Crippen molar-refractivity contribution in [1.82, 2.24) is 4.98 Å². The van der Waals surface area contributed by atoms with Crippen molar-refractivity contribution in [3.63, 3.8) is 0 Å². The molecule has 2 aromatic heterocycles. The molecule has 1 amide bonds. The van der Waals surface area contributed by atoms with Gasteiger partial charge in [0.05, 0.1) is 5.69 Å². The number of pyridine rings is 1. The monoisotopic (exact) mass is 383 g/mol. The molecule has 29 heavy (non-hydrogen) atoms. The van der Waals surface area contributed by atoms with E-state index >= 15 is 0 Å². The van der Waals surface area contributed by atoms with Crippen LogP contribution in [0.2, 0.25) is 0 Å². The van der Waals surface area contributed by atoms with Gasteiger partial charge in [-0.1, -0.05) is 36.4 Å². The number of benzene rings is 2. The number of carbonyl (C=O) groups is 1. The Morgan fingerprint density at radius 3 is 2.59 bits per heavy atom. The second kappa shape index (κ2) is 7.72. The van der Waals surface area contributed by atoms with Crippen molar-refractivity contribution in [2.24, 2.45) is 4.99 Å². The summed E-state index contributed by atoms with van der Waals surface area (Å²) in [5.74, 6) is 0.169. The number of amides is 1. The maximum Gasteiger partial charge on any atom is 0.262 e. The van der Waals surface area contributed by atoms with Crippen molar-refractivity contribution < 1.29 is 9.21 Å². The molecular formula is C24H21N3O2. The fourth-order valence-corrected chi connectivity index (χ4v) is 3.08. The van der Waals surface area contributed by atoms with E-state index in [1.807, 2.05) is 75.4 Å². The van der Waals surface area contributed by atoms with E-state index in [9.17, 15) is 4.79 Å². The van der Waals surface area contributed by atoms with Crippen molar-refractivity contribution in [1.29, 1.82) is 0 Å². The smallest absolute Gasteiger partial charge is 0.262 e. The maximum atomic E-state index is 13.1. The van der Waals surface area contributed by atoms with Crippen molar-refractivity contribution in [3.05, 3.63) is 94.7 Å². The predicted molar refractivity (Wildman–Crippen MR) is 114 cm³/mol. The average molecular weight is 383 g/mol. The molecule has 0 unspecified atom stereocenters. The van der Waals surface area contributed by atoms with Crippen LogP contribution in [0.5, 0.6) is 0 Å². The highest BCUT2D eigenvalue weighted by atomic mass is 16.3. The number of rotatable bonds is 3. The van der Waals surface area contributed by atoms with Gasteiger partial charge >= 0.3 is 0 Å². The molecule has 2 aromatic carbocycles. The fourth-order valence-electron chi connectivity index (χ4n) is 3.08. The Kier molecular flexibility index (Phi) is 4.96. The van der Waals surface area contributed by atoms with Gasteiger partial charge in [-0.2, -0.15) is 0 Å². The lowest BCUT2D eigenvalue weighted by Gasteiger charge is -2.08. The number of aromatic nitrogens is 1. The predicted octanol–water partition coefficient (Wildman–Crippen LogP) is 5.24. The minimum atomic E-state index is -0.318. The van der Waals surface area contributed by atoms with Gasteiger partial charge < -0.3 is 9.73 Å². The fraction of sp³-hybridized carbons (Fsp3) is 0.125. The molecule has 5 heteroatoms. The van der Waals surface area contributed by atoms with Crippen molar-refractivity contribution in [2.45, 2.75) is 20.8 Å². The SMILES string of the molecule is Cc1cccc(NC(=O)c2cc3ccccc3oc2=Nc2cccc(C)c2C)n1. The molecule has 5 nitrogen and oxygen atoms in total. The quantitative estimate of drug-likeness (QED) is 0.526. The van der Waals surface area contributed by atoms with Crippen LogP contribution < -0.4 is 10.9 Å². The first kappa shape index (κ1) is 18.6. The number of nitrogens with zero attached hydrogens (tertiary/aromatic N) is 2. The average Bonchev–Trinajstić information content (AvgIpc) is 2.71. The molecule has 2 heterocycles. The number of hydrogen-bond donors (Lipinski definition) is 1. The summed E-state index contributed by atoms with van der Waals surface area (Å²) in [5.41, 5.74) is 5.06. The molecule has 0 aliphatic carbocycles. The highest BCUT2D eigenvalue weighted by molar-refractivity contribution is 6.04. The molecule has 0 bridgehead atoms. The van der Waals surface area contributed by atoms with Gasteiger partial charge in [0, 0.05) is 11.1 Å². The van der Waals surface area contributed by atoms with Crippen LogP contribution in [-0.4, -0.2) is 10.9 Å². The molecule has 1 N–H and O–H groups in total. The lowest BCUT2D eigenvalue weighted by atomic mass is 10.1. The van der Waals surface area contributed by atoms with Crippen LogP contribution in [0.4, 0.5) is 11.5 Å². The molecule has 4 aromatic rings. The van der Waals surface area contributed by atoms with E-state index in [1.165, 1.54) is 0 Å². The van der Waals surface area contributed by atoms with Crippen LogP contribution in [0.1, 0.15) is 27.2 Å². The molecule has 0 spiro atoms. The summed E-state index contributed by atoms with van der Waals surface area (Å²) < 4.78 is 6.03. The van der Waals surface area contributed by atoms with Crippen LogP contribution in [0.25, 0.3) is 11.0 Å². The van der Waals surface area contributed by atoms with Gasteiger partial charge in [-0.25, -0.2) is 9.98 Å². The Morgan fingerprint density at radius 2 is 1.76 bits per heavy atom. The first-order valence-corrected chi connectivity index (χ1v) is 9.40. The number of anilines is 1. The maximum absolute atomic E-state index is 13.1. The van der Waals surface area contributed by atoms with Gasteiger partial charge in [-0.05, 0) is 62.2 Å². The standard InChI is InChI=1S/C24H21N3O2/c1-15-8-6-11-20(17(15)3)26-24-19(14-18-10-4-5-12-21(18)29-24)23(28)27-22-13-7-9-16(2)25-22/h4-14H,1-3H3,(H,25,27,28). The van der Waals surface area contributed by atoms with Gasteiger partial charge in [-0.3, -0.25) is 4.79 Å². The Balaban J connectivity index is 1.87. The summed E-state index contributed by atoms with van der Waals surface area (Å²) in [6.07, 6.45) is 0. The lowest BCUT2D eigenvalue weighted by molar-refractivity contribution is 0.102. The van der Waals surface area contributed by atoms with Crippen LogP contribution in [0, 0.1) is 20.8 Å². The topological polar surface area (TPSA) is 67.5 Å². The van der Waals surface area contributed by atoms with Gasteiger partial charge in [0.2, 0.25) is 5.55 Å². The van der Waals surface area contributed by atoms with E-state index < -0.39 is 0 Å². The third kappa shape index (κ3) is 3.94. The molecule has 0 saturated carbocycles. The number of nitrogens with one attached hydrogen (secondary N) is 1. The second-order valence-electron chi connectivity index (χ2n) is 6.95. The van der Waals surface area contributed by atoms with Crippen LogP contribution >= 0.6 is 0 Å². The molecule has 0 radical (unpaired) electrons. The molecule has 0 aliphatic heterocycles.